The van der Waals surface area contributed by atoms with Crippen molar-refractivity contribution in [3.63, 3.8) is 0 Å². The number of furan rings is 1. The minimum absolute atomic E-state index is 0.0454. The van der Waals surface area contributed by atoms with Gasteiger partial charge in [-0.15, -0.1) is 0 Å². The molecule has 1 unspecified atom stereocenters. The second-order valence-corrected chi connectivity index (χ2v) is 8.17. The summed E-state index contributed by atoms with van der Waals surface area (Å²) in [5.74, 6) is -0.0510. The van der Waals surface area contributed by atoms with Crippen LogP contribution in [0.2, 0.25) is 0 Å². The van der Waals surface area contributed by atoms with Gasteiger partial charge < -0.3 is 14.6 Å². The molecule has 1 N–H and O–H groups in total. The van der Waals surface area contributed by atoms with Crippen molar-refractivity contribution in [2.24, 2.45) is 5.92 Å². The number of fused-ring (bicyclic) bond motifs is 3. The predicted molar refractivity (Wildman–Crippen MR) is 122 cm³/mol. The molecule has 0 aliphatic carbocycles. The predicted octanol–water partition coefficient (Wildman–Crippen LogP) is 5.39. The van der Waals surface area contributed by atoms with Gasteiger partial charge in [0.15, 0.2) is 5.76 Å². The van der Waals surface area contributed by atoms with Crippen molar-refractivity contribution in [3.8, 4) is 0 Å². The molecule has 3 aromatic carbocycles. The van der Waals surface area contributed by atoms with Crippen LogP contribution >= 0.6 is 0 Å². The van der Waals surface area contributed by atoms with E-state index < -0.39 is 0 Å². The van der Waals surface area contributed by atoms with Gasteiger partial charge in [0, 0.05) is 35.1 Å². The van der Waals surface area contributed by atoms with Crippen molar-refractivity contribution in [2.75, 3.05) is 18.4 Å². The molecule has 2 amide bonds. The lowest BCUT2D eigenvalue weighted by molar-refractivity contribution is -0.121. The highest BCUT2D eigenvalue weighted by Crippen LogP contribution is 2.33. The third-order valence-electron chi connectivity index (χ3n) is 6.14. The number of nitrogens with zero attached hydrogens (tertiary/aromatic N) is 1. The Morgan fingerprint density at radius 2 is 1.74 bits per heavy atom. The van der Waals surface area contributed by atoms with Crippen LogP contribution in [-0.2, 0) is 4.79 Å². The summed E-state index contributed by atoms with van der Waals surface area (Å²) in [4.78, 5) is 27.9. The van der Waals surface area contributed by atoms with Gasteiger partial charge in [-0.05, 0) is 37.3 Å². The molecule has 1 fully saturated rings. The van der Waals surface area contributed by atoms with Crippen LogP contribution in [0.1, 0.15) is 29.0 Å². The van der Waals surface area contributed by atoms with Gasteiger partial charge in [0.05, 0.1) is 5.92 Å². The highest BCUT2D eigenvalue weighted by atomic mass is 16.3. The molecule has 1 aromatic heterocycles. The lowest BCUT2D eigenvalue weighted by Crippen LogP contribution is -2.43. The van der Waals surface area contributed by atoms with Gasteiger partial charge >= 0.3 is 0 Å². The lowest BCUT2D eigenvalue weighted by atomic mass is 9.96. The molecule has 1 atom stereocenters. The first kappa shape index (κ1) is 19.4. The fraction of sp³-hybridized carbons (Fsp3) is 0.231. The molecule has 0 spiro atoms. The normalized spacial score (nSPS) is 16.5. The number of anilines is 1. The van der Waals surface area contributed by atoms with E-state index in [1.807, 2.05) is 67.6 Å². The van der Waals surface area contributed by atoms with E-state index in [4.69, 9.17) is 4.42 Å². The molecule has 5 nitrogen and oxygen atoms in total. The molecule has 1 aliphatic heterocycles. The van der Waals surface area contributed by atoms with Crippen LogP contribution < -0.4 is 5.32 Å². The Kier molecular flexibility index (Phi) is 4.94. The minimum Gasteiger partial charge on any atom is -0.450 e. The van der Waals surface area contributed by atoms with E-state index in [1.165, 1.54) is 0 Å². The monoisotopic (exact) mass is 412 g/mol. The van der Waals surface area contributed by atoms with Crippen molar-refractivity contribution >= 4 is 39.2 Å². The SMILES string of the molecule is Cc1c(C(=O)N2CCCC(C(=O)Nc3ccccc3)C2)oc2c1ccc1ccccc12. The van der Waals surface area contributed by atoms with Gasteiger partial charge in [-0.3, -0.25) is 9.59 Å². The van der Waals surface area contributed by atoms with Gasteiger partial charge in [0.2, 0.25) is 5.91 Å². The van der Waals surface area contributed by atoms with Crippen molar-refractivity contribution in [1.29, 1.82) is 0 Å². The number of benzene rings is 3. The molecule has 0 radical (unpaired) electrons. The Balaban J connectivity index is 1.39. The summed E-state index contributed by atoms with van der Waals surface area (Å²) >= 11 is 0. The van der Waals surface area contributed by atoms with E-state index in [9.17, 15) is 9.59 Å². The number of hydrogen-bond donors (Lipinski definition) is 1. The molecular formula is C26H24N2O3. The fourth-order valence-corrected chi connectivity index (χ4v) is 4.44. The van der Waals surface area contributed by atoms with E-state index in [1.54, 1.807) is 4.90 Å². The molecular weight excluding hydrogens is 388 g/mol. The van der Waals surface area contributed by atoms with Gasteiger partial charge in [-0.25, -0.2) is 0 Å². The number of aryl methyl sites for hydroxylation is 1. The standard InChI is InChI=1S/C26H24N2O3/c1-17-21-14-13-18-8-5-6-12-22(18)24(21)31-23(17)26(30)28-15-7-9-19(16-28)25(29)27-20-10-3-2-4-11-20/h2-6,8,10-14,19H,7,9,15-16H2,1H3,(H,27,29). The average molecular weight is 412 g/mol. The number of carbonyl (C=O) groups is 2. The van der Waals surface area contributed by atoms with E-state index in [2.05, 4.69) is 11.4 Å². The summed E-state index contributed by atoms with van der Waals surface area (Å²) in [5, 5.41) is 6.00. The van der Waals surface area contributed by atoms with E-state index in [0.717, 1.165) is 45.8 Å². The van der Waals surface area contributed by atoms with Crippen molar-refractivity contribution in [1.82, 2.24) is 4.90 Å². The number of para-hydroxylation sites is 1. The maximum absolute atomic E-state index is 13.4. The van der Waals surface area contributed by atoms with Crippen LogP contribution in [0.5, 0.6) is 0 Å². The molecule has 4 aromatic rings. The first-order valence-corrected chi connectivity index (χ1v) is 10.7. The first-order chi connectivity index (χ1) is 15.1. The topological polar surface area (TPSA) is 62.6 Å². The number of hydrogen-bond acceptors (Lipinski definition) is 3. The highest BCUT2D eigenvalue weighted by Gasteiger charge is 2.31. The average Bonchev–Trinajstić information content (AvgIpc) is 3.16. The Morgan fingerprint density at radius 1 is 0.968 bits per heavy atom. The van der Waals surface area contributed by atoms with Crippen LogP contribution in [-0.4, -0.2) is 29.8 Å². The second kappa shape index (κ2) is 7.91. The number of piperidine rings is 1. The number of rotatable bonds is 3. The Labute approximate surface area is 180 Å². The molecule has 5 rings (SSSR count). The lowest BCUT2D eigenvalue weighted by Gasteiger charge is -2.31. The zero-order valence-corrected chi connectivity index (χ0v) is 17.4. The van der Waals surface area contributed by atoms with E-state index in [-0.39, 0.29) is 17.7 Å². The van der Waals surface area contributed by atoms with E-state index in [0.29, 0.717) is 18.8 Å². The summed E-state index contributed by atoms with van der Waals surface area (Å²) < 4.78 is 6.13. The summed E-state index contributed by atoms with van der Waals surface area (Å²) in [7, 11) is 0. The van der Waals surface area contributed by atoms with Crippen molar-refractivity contribution in [2.45, 2.75) is 19.8 Å². The van der Waals surface area contributed by atoms with E-state index >= 15 is 0 Å². The zero-order chi connectivity index (χ0) is 21.4. The maximum Gasteiger partial charge on any atom is 0.289 e. The van der Waals surface area contributed by atoms with Crippen LogP contribution in [0.25, 0.3) is 21.7 Å². The molecule has 31 heavy (non-hydrogen) atoms. The Morgan fingerprint density at radius 3 is 2.58 bits per heavy atom. The molecule has 156 valence electrons. The zero-order valence-electron chi connectivity index (χ0n) is 17.4. The Hall–Kier alpha value is -3.60. The van der Waals surface area contributed by atoms with Crippen LogP contribution in [0.3, 0.4) is 0 Å². The van der Waals surface area contributed by atoms with Gasteiger partial charge in [-0.1, -0.05) is 54.6 Å². The number of likely N-dealkylation sites (tertiary alicyclic amines) is 1. The van der Waals surface area contributed by atoms with Crippen LogP contribution in [0.4, 0.5) is 5.69 Å². The van der Waals surface area contributed by atoms with Gasteiger partial charge in [-0.2, -0.15) is 0 Å². The second-order valence-electron chi connectivity index (χ2n) is 8.17. The number of carbonyl (C=O) groups excluding carboxylic acids is 2. The number of nitrogens with one attached hydrogen (secondary N) is 1. The number of amides is 2. The summed E-state index contributed by atoms with van der Waals surface area (Å²) in [6.45, 7) is 2.96. The molecule has 1 aliphatic rings. The minimum atomic E-state index is -0.233. The Bertz CT molecular complexity index is 1280. The molecule has 2 heterocycles. The smallest absolute Gasteiger partial charge is 0.289 e. The molecule has 1 saturated heterocycles. The summed E-state index contributed by atoms with van der Waals surface area (Å²) in [5.41, 5.74) is 2.37. The fourth-order valence-electron chi connectivity index (χ4n) is 4.44. The maximum atomic E-state index is 13.4. The molecule has 0 saturated carbocycles. The van der Waals surface area contributed by atoms with Crippen LogP contribution in [0.15, 0.2) is 71.1 Å². The summed E-state index contributed by atoms with van der Waals surface area (Å²) in [6, 6.07) is 21.5. The molecule has 0 bridgehead atoms. The van der Waals surface area contributed by atoms with Crippen molar-refractivity contribution in [3.05, 3.63) is 78.1 Å². The largest absolute Gasteiger partial charge is 0.450 e. The highest BCUT2D eigenvalue weighted by molar-refractivity contribution is 6.09. The van der Waals surface area contributed by atoms with Crippen molar-refractivity contribution < 1.29 is 14.0 Å². The van der Waals surface area contributed by atoms with Gasteiger partial charge in [0.25, 0.3) is 5.91 Å². The van der Waals surface area contributed by atoms with Gasteiger partial charge in [0.1, 0.15) is 5.58 Å². The summed E-state index contributed by atoms with van der Waals surface area (Å²) in [6.07, 6.45) is 1.56. The third-order valence-corrected chi connectivity index (χ3v) is 6.14. The van der Waals surface area contributed by atoms with Crippen LogP contribution in [0, 0.1) is 12.8 Å². The third kappa shape index (κ3) is 3.56. The molecule has 5 heteroatoms. The quantitative estimate of drug-likeness (QED) is 0.491. The first-order valence-electron chi connectivity index (χ1n) is 10.7.